The maximum absolute atomic E-state index is 10.2. The van der Waals surface area contributed by atoms with E-state index in [2.05, 4.69) is 12.8 Å². The molecule has 0 saturated carbocycles. The van der Waals surface area contributed by atoms with Crippen LogP contribution in [0, 0.1) is 25.2 Å². The van der Waals surface area contributed by atoms with Gasteiger partial charge >= 0.3 is 0 Å². The van der Waals surface area contributed by atoms with Gasteiger partial charge in [0.25, 0.3) is 0 Å². The van der Waals surface area contributed by atoms with Crippen molar-refractivity contribution < 1.29 is 8.42 Å². The average Bonchev–Trinajstić information content (AvgIpc) is 1.64. The zero-order valence-corrected chi connectivity index (χ0v) is 6.10. The predicted octanol–water partition coefficient (Wildman–Crippen LogP) is 0.0698. The van der Waals surface area contributed by atoms with Crippen molar-refractivity contribution in [1.29, 1.82) is 0 Å². The zero-order valence-electron chi connectivity index (χ0n) is 5.20. The molecule has 0 aromatic carbocycles. The number of terminal acetylenes is 1. The van der Waals surface area contributed by atoms with Crippen molar-refractivity contribution in [1.82, 2.24) is 0 Å². The summed E-state index contributed by atoms with van der Waals surface area (Å²) in [6.07, 6.45) is 4.90. The quantitative estimate of drug-likeness (QED) is 0.440. The Bertz CT molecular complexity index is 178. The molecule has 0 rings (SSSR count). The van der Waals surface area contributed by atoms with Gasteiger partial charge in [-0.3, -0.25) is 0 Å². The monoisotopic (exact) mass is 145 g/mol. The van der Waals surface area contributed by atoms with Gasteiger partial charge < -0.3 is 0 Å². The minimum absolute atomic E-state index is 0.226. The molecule has 0 saturated heterocycles. The standard InChI is InChI=1S/C6H9O2S/c1-4-6(5(2)3)9(7)8/h1,5-6,9H,2H2,3H3. The van der Waals surface area contributed by atoms with E-state index in [9.17, 15) is 8.42 Å². The SMILES string of the molecule is C#CC(C([CH2])C)[SH](=O)=O. The molecule has 0 amide bonds. The average molecular weight is 145 g/mol. The lowest BCUT2D eigenvalue weighted by Gasteiger charge is -2.04. The fraction of sp³-hybridized carbons (Fsp3) is 0.500. The molecule has 0 aliphatic heterocycles. The summed E-state index contributed by atoms with van der Waals surface area (Å²) in [5, 5.41) is -0.708. The Morgan fingerprint density at radius 2 is 2.11 bits per heavy atom. The molecule has 51 valence electrons. The predicted molar refractivity (Wildman–Crippen MR) is 37.5 cm³/mol. The van der Waals surface area contributed by atoms with Crippen molar-refractivity contribution in [2.75, 3.05) is 0 Å². The molecule has 2 unspecified atom stereocenters. The molecule has 0 aromatic rings. The van der Waals surface area contributed by atoms with E-state index in [1.807, 2.05) is 0 Å². The fourth-order valence-corrected chi connectivity index (χ4v) is 0.970. The highest BCUT2D eigenvalue weighted by Gasteiger charge is 2.11. The molecule has 0 bridgehead atoms. The van der Waals surface area contributed by atoms with Gasteiger partial charge in [0.1, 0.15) is 5.25 Å². The number of rotatable bonds is 2. The molecule has 3 heteroatoms. The van der Waals surface area contributed by atoms with Crippen LogP contribution in [0.3, 0.4) is 0 Å². The number of thiol groups is 1. The van der Waals surface area contributed by atoms with E-state index in [0.717, 1.165) is 0 Å². The molecule has 0 aliphatic rings. The lowest BCUT2D eigenvalue weighted by atomic mass is 10.1. The molecule has 0 aliphatic carbocycles. The van der Waals surface area contributed by atoms with Crippen LogP contribution in [0.2, 0.25) is 0 Å². The van der Waals surface area contributed by atoms with Gasteiger partial charge in [0.2, 0.25) is 0 Å². The van der Waals surface area contributed by atoms with E-state index in [1.54, 1.807) is 6.92 Å². The van der Waals surface area contributed by atoms with Crippen LogP contribution >= 0.6 is 0 Å². The van der Waals surface area contributed by atoms with Gasteiger partial charge in [0.05, 0.1) is 0 Å². The summed E-state index contributed by atoms with van der Waals surface area (Å²) < 4.78 is 20.5. The fourth-order valence-electron chi connectivity index (χ4n) is 0.433. The van der Waals surface area contributed by atoms with Crippen LogP contribution in [0.5, 0.6) is 0 Å². The van der Waals surface area contributed by atoms with Crippen LogP contribution in [-0.2, 0) is 10.7 Å². The van der Waals surface area contributed by atoms with Gasteiger partial charge in [-0.2, -0.15) is 0 Å². The van der Waals surface area contributed by atoms with Crippen molar-refractivity contribution in [3.05, 3.63) is 6.92 Å². The zero-order chi connectivity index (χ0) is 7.44. The summed E-state index contributed by atoms with van der Waals surface area (Å²) in [6.45, 7) is 5.18. The molecule has 0 aromatic heterocycles. The van der Waals surface area contributed by atoms with Crippen LogP contribution in [0.15, 0.2) is 0 Å². The topological polar surface area (TPSA) is 34.1 Å². The van der Waals surface area contributed by atoms with E-state index in [-0.39, 0.29) is 5.92 Å². The molecule has 0 fully saturated rings. The molecule has 2 atom stereocenters. The minimum atomic E-state index is -2.50. The minimum Gasteiger partial charge on any atom is -0.231 e. The van der Waals surface area contributed by atoms with Gasteiger partial charge in [0.15, 0.2) is 10.7 Å². The Morgan fingerprint density at radius 1 is 1.67 bits per heavy atom. The molecule has 1 radical (unpaired) electrons. The highest BCUT2D eigenvalue weighted by Crippen LogP contribution is 2.02. The first-order chi connectivity index (χ1) is 4.09. The third kappa shape index (κ3) is 2.52. The molecule has 2 nitrogen and oxygen atoms in total. The molecule has 0 spiro atoms. The van der Waals surface area contributed by atoms with Crippen molar-refractivity contribution in [2.45, 2.75) is 12.2 Å². The summed E-state index contributed by atoms with van der Waals surface area (Å²) in [7, 11) is -2.50. The van der Waals surface area contributed by atoms with Crippen molar-refractivity contribution in [3.63, 3.8) is 0 Å². The van der Waals surface area contributed by atoms with Gasteiger partial charge in [0, 0.05) is 0 Å². The first-order valence-corrected chi connectivity index (χ1v) is 3.77. The number of hydrogen-bond acceptors (Lipinski definition) is 2. The first-order valence-electron chi connectivity index (χ1n) is 2.52. The number of hydrogen-bond donors (Lipinski definition) is 1. The third-order valence-electron chi connectivity index (χ3n) is 0.937. The molecular formula is C6H9O2S. The molecule has 9 heavy (non-hydrogen) atoms. The Hall–Kier alpha value is -0.490. The second kappa shape index (κ2) is 3.52. The third-order valence-corrected chi connectivity index (χ3v) is 2.05. The highest BCUT2D eigenvalue weighted by molar-refractivity contribution is 7.73. The van der Waals surface area contributed by atoms with Crippen LogP contribution in [0.25, 0.3) is 0 Å². The van der Waals surface area contributed by atoms with E-state index in [0.29, 0.717) is 0 Å². The molecular weight excluding hydrogens is 136 g/mol. The van der Waals surface area contributed by atoms with Crippen LogP contribution < -0.4 is 0 Å². The second-order valence-corrected chi connectivity index (χ2v) is 3.00. The van der Waals surface area contributed by atoms with Crippen molar-refractivity contribution >= 4 is 10.7 Å². The van der Waals surface area contributed by atoms with E-state index < -0.39 is 16.0 Å². The van der Waals surface area contributed by atoms with Crippen LogP contribution in [-0.4, -0.2) is 13.7 Å². The lowest BCUT2D eigenvalue weighted by molar-refractivity contribution is 0.595. The van der Waals surface area contributed by atoms with Crippen molar-refractivity contribution in [3.8, 4) is 12.3 Å². The van der Waals surface area contributed by atoms with E-state index in [4.69, 9.17) is 6.42 Å². The maximum Gasteiger partial charge on any atom is 0.154 e. The smallest absolute Gasteiger partial charge is 0.154 e. The molecule has 0 N–H and O–H groups in total. The Balaban J connectivity index is 4.22. The van der Waals surface area contributed by atoms with Crippen LogP contribution in [0.1, 0.15) is 6.92 Å². The normalized spacial score (nSPS) is 13.7. The van der Waals surface area contributed by atoms with E-state index >= 15 is 0 Å². The summed E-state index contributed by atoms with van der Waals surface area (Å²) in [5.74, 6) is 1.92. The maximum atomic E-state index is 10.2. The Morgan fingerprint density at radius 3 is 2.11 bits per heavy atom. The highest BCUT2D eigenvalue weighted by atomic mass is 32.2. The van der Waals surface area contributed by atoms with Gasteiger partial charge in [-0.05, 0) is 12.8 Å². The van der Waals surface area contributed by atoms with Crippen molar-refractivity contribution in [2.24, 2.45) is 5.92 Å². The molecule has 0 heterocycles. The first kappa shape index (κ1) is 8.51. The summed E-state index contributed by atoms with van der Waals surface area (Å²) >= 11 is 0. The van der Waals surface area contributed by atoms with Gasteiger partial charge in [-0.15, -0.1) is 6.42 Å². The Kier molecular flexibility index (Phi) is 3.33. The van der Waals surface area contributed by atoms with Gasteiger partial charge in [-0.25, -0.2) is 8.42 Å². The summed E-state index contributed by atoms with van der Waals surface area (Å²) in [5.41, 5.74) is 0. The lowest BCUT2D eigenvalue weighted by Crippen LogP contribution is -2.14. The summed E-state index contributed by atoms with van der Waals surface area (Å²) in [4.78, 5) is 0. The van der Waals surface area contributed by atoms with Crippen LogP contribution in [0.4, 0.5) is 0 Å². The van der Waals surface area contributed by atoms with Gasteiger partial charge in [-0.1, -0.05) is 12.8 Å². The second-order valence-electron chi connectivity index (χ2n) is 1.87. The largest absolute Gasteiger partial charge is 0.231 e. The summed E-state index contributed by atoms with van der Waals surface area (Å²) in [6, 6.07) is 0. The van der Waals surface area contributed by atoms with E-state index in [1.165, 1.54) is 0 Å². The Labute approximate surface area is 57.2 Å².